The third-order valence-corrected chi connectivity index (χ3v) is 9.68. The largest absolute Gasteiger partial charge is 0.367 e. The lowest BCUT2D eigenvalue weighted by Crippen LogP contribution is -2.38. The average Bonchev–Trinajstić information content (AvgIpc) is 3.45. The van der Waals surface area contributed by atoms with Crippen LogP contribution in [-0.4, -0.2) is 78.3 Å². The molecule has 0 bridgehead atoms. The molecular formula is C20H29N6O8PS. The lowest BCUT2D eigenvalue weighted by atomic mass is 10.2. The van der Waals surface area contributed by atoms with Crippen LogP contribution >= 0.6 is 7.60 Å². The van der Waals surface area contributed by atoms with Gasteiger partial charge in [-0.1, -0.05) is 12.8 Å². The topological polar surface area (TPSA) is 210 Å². The fourth-order valence-corrected chi connectivity index (χ4v) is 7.88. The van der Waals surface area contributed by atoms with Gasteiger partial charge >= 0.3 is 7.60 Å². The van der Waals surface area contributed by atoms with Gasteiger partial charge in [-0.2, -0.15) is 15.3 Å². The molecule has 3 heterocycles. The Kier molecular flexibility index (Phi) is 7.42. The first kappa shape index (κ1) is 26.9. The molecule has 1 aliphatic heterocycles. The Morgan fingerprint density at radius 2 is 2.03 bits per heavy atom. The van der Waals surface area contributed by atoms with Crippen LogP contribution in [-0.2, 0) is 23.9 Å². The number of anilines is 1. The minimum atomic E-state index is -4.83. The van der Waals surface area contributed by atoms with E-state index in [1.807, 2.05) is 6.07 Å². The van der Waals surface area contributed by atoms with Crippen molar-refractivity contribution in [2.75, 3.05) is 16.6 Å². The number of aromatic nitrogens is 4. The lowest BCUT2D eigenvalue weighted by Gasteiger charge is -2.26. The number of rotatable bonds is 9. The van der Waals surface area contributed by atoms with Gasteiger partial charge in [0.1, 0.15) is 18.0 Å². The molecule has 1 saturated carbocycles. The van der Waals surface area contributed by atoms with Crippen LogP contribution in [0.3, 0.4) is 0 Å². The number of sulfone groups is 1. The van der Waals surface area contributed by atoms with E-state index in [4.69, 9.17) is 19.3 Å². The van der Waals surface area contributed by atoms with E-state index in [0.29, 0.717) is 16.9 Å². The van der Waals surface area contributed by atoms with Crippen molar-refractivity contribution >= 4 is 34.3 Å². The maximum absolute atomic E-state index is 12.4. The number of fused-ring (bicyclic) bond motifs is 1. The summed E-state index contributed by atoms with van der Waals surface area (Å²) in [4.78, 5) is 26.8. The lowest BCUT2D eigenvalue weighted by molar-refractivity contribution is -0.212. The van der Waals surface area contributed by atoms with Gasteiger partial charge < -0.3 is 29.7 Å². The minimum Gasteiger partial charge on any atom is -0.367 e. The molecule has 0 unspecified atom stereocenters. The molecule has 16 heteroatoms. The zero-order valence-electron chi connectivity index (χ0n) is 19.8. The molecule has 198 valence electrons. The van der Waals surface area contributed by atoms with Crippen molar-refractivity contribution in [2.24, 2.45) is 0 Å². The molecule has 1 aliphatic carbocycles. The fourth-order valence-electron chi connectivity index (χ4n) is 4.61. The van der Waals surface area contributed by atoms with E-state index in [1.165, 1.54) is 24.7 Å². The van der Waals surface area contributed by atoms with E-state index in [9.17, 15) is 23.4 Å². The molecule has 0 radical (unpaired) electrons. The number of aliphatic hydroxyl groups is 1. The Labute approximate surface area is 207 Å². The van der Waals surface area contributed by atoms with Crippen LogP contribution in [0.5, 0.6) is 0 Å². The quantitative estimate of drug-likeness (QED) is 0.257. The third kappa shape index (κ3) is 6.57. The second-order valence-corrected chi connectivity index (χ2v) is 13.8. The second-order valence-electron chi connectivity index (χ2n) is 9.63. The summed E-state index contributed by atoms with van der Waals surface area (Å²) < 4.78 is 49.1. The summed E-state index contributed by atoms with van der Waals surface area (Å²) in [5.41, 5.74) is -1.04. The highest BCUT2D eigenvalue weighted by molar-refractivity contribution is 7.97. The van der Waals surface area contributed by atoms with Crippen LogP contribution in [0.1, 0.15) is 58.0 Å². The summed E-state index contributed by atoms with van der Waals surface area (Å²) in [6.45, 7) is 2.75. The molecular weight excluding hydrogens is 515 g/mol. The van der Waals surface area contributed by atoms with Gasteiger partial charge in [-0.3, -0.25) is 4.57 Å². The Hall–Kier alpha value is -2.18. The van der Waals surface area contributed by atoms with Crippen molar-refractivity contribution in [3.63, 3.8) is 0 Å². The number of hydrogen-bond acceptors (Lipinski definition) is 11. The van der Waals surface area contributed by atoms with Crippen LogP contribution in [0.25, 0.3) is 11.0 Å². The van der Waals surface area contributed by atoms with E-state index >= 15 is 0 Å². The van der Waals surface area contributed by atoms with Gasteiger partial charge in [0.2, 0.25) is 5.82 Å². The standard InChI is InChI=1S/C20H29N6O8PS/c1-20(2,27)34-14-7-17(33-15(14)10-36(31,32)11-35(28,29)30)26-19-13(9-22-26)18(24-16(8-21)25-19)23-12-5-3-4-6-12/h9,12,14-15,17,27H,3-7,10-11H2,1-2H3,(H,23,24,25)(H2,28,29,30)/t14-,15+,17+/m0/s1. The first-order chi connectivity index (χ1) is 16.7. The Bertz CT molecular complexity index is 1310. The smallest absolute Gasteiger partial charge is 0.340 e. The average molecular weight is 545 g/mol. The highest BCUT2D eigenvalue weighted by Crippen LogP contribution is 2.39. The summed E-state index contributed by atoms with van der Waals surface area (Å²) >= 11 is 0. The predicted octanol–water partition coefficient (Wildman–Crippen LogP) is 1.00. The van der Waals surface area contributed by atoms with Crippen molar-refractivity contribution in [3.05, 3.63) is 12.0 Å². The molecule has 14 nitrogen and oxygen atoms in total. The zero-order chi connectivity index (χ0) is 26.3. The Balaban J connectivity index is 1.65. The van der Waals surface area contributed by atoms with Crippen molar-refractivity contribution in [1.29, 1.82) is 5.26 Å². The number of nitrogens with one attached hydrogen (secondary N) is 1. The van der Waals surface area contributed by atoms with Crippen LogP contribution in [0.15, 0.2) is 6.20 Å². The van der Waals surface area contributed by atoms with Crippen LogP contribution < -0.4 is 5.32 Å². The fraction of sp³-hybridized carbons (Fsp3) is 0.700. The Morgan fingerprint density at radius 1 is 1.33 bits per heavy atom. The van der Waals surface area contributed by atoms with Crippen molar-refractivity contribution < 1.29 is 37.3 Å². The summed E-state index contributed by atoms with van der Waals surface area (Å²) in [5.74, 6) is -1.97. The van der Waals surface area contributed by atoms with E-state index in [-0.39, 0.29) is 18.3 Å². The first-order valence-corrected chi connectivity index (χ1v) is 15.1. The summed E-state index contributed by atoms with van der Waals surface area (Å²) in [6.07, 6.45) is 2.78. The van der Waals surface area contributed by atoms with E-state index in [0.717, 1.165) is 25.7 Å². The first-order valence-electron chi connectivity index (χ1n) is 11.5. The minimum absolute atomic E-state index is 0.0636. The van der Waals surface area contributed by atoms with Gasteiger partial charge in [0.05, 0.1) is 23.4 Å². The van der Waals surface area contributed by atoms with Crippen molar-refractivity contribution in [2.45, 2.75) is 76.2 Å². The summed E-state index contributed by atoms with van der Waals surface area (Å²) in [6, 6.07) is 2.15. The molecule has 36 heavy (non-hydrogen) atoms. The molecule has 4 N–H and O–H groups in total. The highest BCUT2D eigenvalue weighted by Gasteiger charge is 2.43. The van der Waals surface area contributed by atoms with Crippen molar-refractivity contribution in [1.82, 2.24) is 19.7 Å². The molecule has 2 aromatic heterocycles. The molecule has 3 atom stereocenters. The SMILES string of the molecule is CC(C)(O)O[C@H]1C[C@H](n2ncc3c(NC4CCCC4)nc(C#N)nc32)O[C@@H]1CS(=O)(=O)CP(=O)(O)O. The molecule has 2 aliphatic rings. The summed E-state index contributed by atoms with van der Waals surface area (Å²) in [7, 11) is -9.07. The molecule has 0 amide bonds. The molecule has 1 saturated heterocycles. The maximum Gasteiger partial charge on any atom is 0.340 e. The van der Waals surface area contributed by atoms with Crippen LogP contribution in [0.4, 0.5) is 5.82 Å². The van der Waals surface area contributed by atoms with Gasteiger partial charge in [0.25, 0.3) is 0 Å². The molecule has 4 rings (SSSR count). The summed E-state index contributed by atoms with van der Waals surface area (Å²) in [5, 5.41) is 27.9. The van der Waals surface area contributed by atoms with E-state index in [1.54, 1.807) is 0 Å². The van der Waals surface area contributed by atoms with Gasteiger partial charge in [-0.05, 0) is 26.7 Å². The third-order valence-electron chi connectivity index (χ3n) is 5.93. The predicted molar refractivity (Wildman–Crippen MR) is 126 cm³/mol. The number of nitrogens with zero attached hydrogens (tertiary/aromatic N) is 5. The van der Waals surface area contributed by atoms with E-state index < -0.39 is 52.9 Å². The van der Waals surface area contributed by atoms with Gasteiger partial charge in [-0.15, -0.1) is 0 Å². The molecule has 2 fully saturated rings. The number of hydrogen-bond donors (Lipinski definition) is 4. The second kappa shape index (κ2) is 9.94. The number of nitriles is 1. The normalized spacial score (nSPS) is 23.8. The van der Waals surface area contributed by atoms with Gasteiger partial charge in [0.15, 0.2) is 33.0 Å². The van der Waals surface area contributed by atoms with E-state index in [2.05, 4.69) is 20.4 Å². The van der Waals surface area contributed by atoms with Gasteiger partial charge in [-0.25, -0.2) is 18.1 Å². The van der Waals surface area contributed by atoms with Crippen LogP contribution in [0.2, 0.25) is 0 Å². The molecule has 0 aromatic carbocycles. The molecule has 2 aromatic rings. The number of ether oxygens (including phenoxy) is 2. The highest BCUT2D eigenvalue weighted by atomic mass is 32.2. The molecule has 0 spiro atoms. The monoisotopic (exact) mass is 544 g/mol. The zero-order valence-corrected chi connectivity index (χ0v) is 21.5. The van der Waals surface area contributed by atoms with Crippen LogP contribution in [0, 0.1) is 11.3 Å². The maximum atomic E-state index is 12.4. The van der Waals surface area contributed by atoms with Gasteiger partial charge in [0, 0.05) is 12.5 Å². The Morgan fingerprint density at radius 3 is 2.64 bits per heavy atom. The van der Waals surface area contributed by atoms with Crippen molar-refractivity contribution in [3.8, 4) is 6.07 Å².